The number of nitrogens with one attached hydrogen (secondary N) is 1. The van der Waals surface area contributed by atoms with Crippen molar-refractivity contribution in [2.24, 2.45) is 5.73 Å². The van der Waals surface area contributed by atoms with Crippen molar-refractivity contribution in [1.29, 1.82) is 0 Å². The maximum Gasteiger partial charge on any atom is 0.253 e. The fourth-order valence-electron chi connectivity index (χ4n) is 1.80. The molecule has 1 aromatic rings. The van der Waals surface area contributed by atoms with Crippen molar-refractivity contribution in [3.05, 3.63) is 29.8 Å². The van der Waals surface area contributed by atoms with Gasteiger partial charge in [-0.05, 0) is 37.1 Å². The maximum absolute atomic E-state index is 11.8. The molecule has 3 N–H and O–H groups in total. The number of hydrogen-bond acceptors (Lipinski definition) is 3. The number of carbonyl (C=O) groups is 1. The van der Waals surface area contributed by atoms with E-state index in [1.54, 1.807) is 0 Å². The van der Waals surface area contributed by atoms with Crippen LogP contribution in [0, 0.1) is 11.8 Å². The van der Waals surface area contributed by atoms with Gasteiger partial charge in [-0.15, -0.1) is 0 Å². The smallest absolute Gasteiger partial charge is 0.253 e. The minimum absolute atomic E-state index is 0.0757. The number of hydrogen-bond donors (Lipinski definition) is 2. The number of nitrogens with two attached hydrogens (primary N) is 1. The molecule has 0 saturated carbocycles. The summed E-state index contributed by atoms with van der Waals surface area (Å²) in [6.07, 6.45) is 1.44. The molecule has 1 amide bonds. The first-order chi connectivity index (χ1) is 8.79. The second-order valence-corrected chi connectivity index (χ2v) is 4.07. The number of ether oxygens (including phenoxy) is 1. The van der Waals surface area contributed by atoms with Gasteiger partial charge in [0, 0.05) is 17.9 Å². The van der Waals surface area contributed by atoms with Gasteiger partial charge in [0.05, 0.1) is 6.54 Å². The Morgan fingerprint density at radius 3 is 2.83 bits per heavy atom. The molecule has 0 spiro atoms. The summed E-state index contributed by atoms with van der Waals surface area (Å²) in [5.41, 5.74) is 6.94. The molecule has 4 nitrogen and oxygen atoms in total. The second-order valence-electron chi connectivity index (χ2n) is 4.07. The molecular weight excluding hydrogens is 228 g/mol. The zero-order valence-electron chi connectivity index (χ0n) is 10.1. The number of benzene rings is 1. The lowest BCUT2D eigenvalue weighted by molar-refractivity contribution is -0.124. The molecule has 1 heterocycles. The molecule has 0 aromatic heterocycles. The van der Waals surface area contributed by atoms with Gasteiger partial charge in [-0.2, -0.15) is 0 Å². The van der Waals surface area contributed by atoms with Crippen LogP contribution >= 0.6 is 0 Å². The van der Waals surface area contributed by atoms with Gasteiger partial charge in [0.15, 0.2) is 0 Å². The van der Waals surface area contributed by atoms with Gasteiger partial charge in [0.25, 0.3) is 5.91 Å². The first-order valence-corrected chi connectivity index (χ1v) is 6.01. The topological polar surface area (TPSA) is 64.3 Å². The maximum atomic E-state index is 11.8. The third kappa shape index (κ3) is 3.33. The van der Waals surface area contributed by atoms with E-state index in [0.29, 0.717) is 13.2 Å². The Balaban J connectivity index is 1.95. The molecule has 4 heteroatoms. The molecule has 1 aliphatic heterocycles. The Morgan fingerprint density at radius 2 is 2.22 bits per heavy atom. The van der Waals surface area contributed by atoms with Crippen LogP contribution in [0.2, 0.25) is 0 Å². The number of anilines is 1. The van der Waals surface area contributed by atoms with E-state index >= 15 is 0 Å². The van der Waals surface area contributed by atoms with E-state index in [0.717, 1.165) is 24.1 Å². The Morgan fingerprint density at radius 1 is 1.44 bits per heavy atom. The van der Waals surface area contributed by atoms with Crippen LogP contribution < -0.4 is 11.1 Å². The number of rotatable bonds is 2. The van der Waals surface area contributed by atoms with Crippen LogP contribution in [0.15, 0.2) is 24.3 Å². The highest BCUT2D eigenvalue weighted by molar-refractivity contribution is 5.94. The predicted octanol–water partition coefficient (Wildman–Crippen LogP) is 1.11. The van der Waals surface area contributed by atoms with E-state index in [9.17, 15) is 4.79 Å². The van der Waals surface area contributed by atoms with Crippen molar-refractivity contribution in [3.8, 4) is 11.8 Å². The highest BCUT2D eigenvalue weighted by atomic mass is 16.5. The van der Waals surface area contributed by atoms with E-state index < -0.39 is 0 Å². The molecule has 1 unspecified atom stereocenters. The van der Waals surface area contributed by atoms with Crippen molar-refractivity contribution in [3.63, 3.8) is 0 Å². The van der Waals surface area contributed by atoms with Crippen molar-refractivity contribution in [1.82, 2.24) is 0 Å². The highest BCUT2D eigenvalue weighted by Crippen LogP contribution is 2.15. The summed E-state index contributed by atoms with van der Waals surface area (Å²) in [7, 11) is 0. The third-order valence-corrected chi connectivity index (χ3v) is 2.71. The summed E-state index contributed by atoms with van der Waals surface area (Å²) >= 11 is 0. The summed E-state index contributed by atoms with van der Waals surface area (Å²) < 4.78 is 5.32. The third-order valence-electron chi connectivity index (χ3n) is 2.71. The number of amides is 1. The monoisotopic (exact) mass is 244 g/mol. The standard InChI is InChI=1S/C14H16N2O2/c15-9-1-3-11-5-7-12(8-6-11)16-14(17)13-4-2-10-18-13/h5-8,13H,2,4,9-10,15H2,(H,16,17). The first-order valence-electron chi connectivity index (χ1n) is 6.01. The van der Waals surface area contributed by atoms with Crippen molar-refractivity contribution < 1.29 is 9.53 Å². The lowest BCUT2D eigenvalue weighted by Gasteiger charge is -2.10. The van der Waals surface area contributed by atoms with Gasteiger partial charge in [-0.3, -0.25) is 4.79 Å². The predicted molar refractivity (Wildman–Crippen MR) is 70.0 cm³/mol. The lowest BCUT2D eigenvalue weighted by Crippen LogP contribution is -2.26. The van der Waals surface area contributed by atoms with E-state index in [1.807, 2.05) is 24.3 Å². The first kappa shape index (κ1) is 12.6. The average Bonchev–Trinajstić information content (AvgIpc) is 2.92. The van der Waals surface area contributed by atoms with Crippen LogP contribution in [0.4, 0.5) is 5.69 Å². The molecule has 1 fully saturated rings. The zero-order chi connectivity index (χ0) is 12.8. The fourth-order valence-corrected chi connectivity index (χ4v) is 1.80. The van der Waals surface area contributed by atoms with Gasteiger partial charge >= 0.3 is 0 Å². The van der Waals surface area contributed by atoms with Crippen LogP contribution in [0.3, 0.4) is 0 Å². The Hall–Kier alpha value is -1.83. The summed E-state index contributed by atoms with van der Waals surface area (Å²) in [5.74, 6) is 5.63. The quantitative estimate of drug-likeness (QED) is 0.766. The Labute approximate surface area is 107 Å². The molecule has 0 bridgehead atoms. The van der Waals surface area contributed by atoms with Crippen molar-refractivity contribution >= 4 is 11.6 Å². The lowest BCUT2D eigenvalue weighted by atomic mass is 10.2. The molecule has 1 aliphatic rings. The summed E-state index contributed by atoms with van der Waals surface area (Å²) in [6, 6.07) is 7.36. The van der Waals surface area contributed by atoms with Crippen LogP contribution in [0.1, 0.15) is 18.4 Å². The molecule has 1 aromatic carbocycles. The van der Waals surface area contributed by atoms with E-state index in [2.05, 4.69) is 17.2 Å². The fraction of sp³-hybridized carbons (Fsp3) is 0.357. The Kier molecular flexibility index (Phi) is 4.35. The van der Waals surface area contributed by atoms with E-state index in [1.165, 1.54) is 0 Å². The molecule has 0 radical (unpaired) electrons. The van der Waals surface area contributed by atoms with Gasteiger partial charge in [0.1, 0.15) is 6.10 Å². The number of carbonyl (C=O) groups excluding carboxylic acids is 1. The van der Waals surface area contributed by atoms with E-state index in [-0.39, 0.29) is 12.0 Å². The van der Waals surface area contributed by atoms with Crippen LogP contribution in [0.5, 0.6) is 0 Å². The SMILES string of the molecule is NCC#Cc1ccc(NC(=O)C2CCCO2)cc1. The zero-order valence-corrected chi connectivity index (χ0v) is 10.1. The van der Waals surface area contributed by atoms with Crippen LogP contribution in [-0.2, 0) is 9.53 Å². The van der Waals surface area contributed by atoms with E-state index in [4.69, 9.17) is 10.5 Å². The van der Waals surface area contributed by atoms with Gasteiger partial charge in [0.2, 0.25) is 0 Å². The van der Waals surface area contributed by atoms with Gasteiger partial charge < -0.3 is 15.8 Å². The minimum atomic E-state index is -0.304. The summed E-state index contributed by atoms with van der Waals surface area (Å²) in [4.78, 5) is 11.8. The van der Waals surface area contributed by atoms with Gasteiger partial charge in [-0.25, -0.2) is 0 Å². The molecule has 18 heavy (non-hydrogen) atoms. The van der Waals surface area contributed by atoms with Crippen molar-refractivity contribution in [2.75, 3.05) is 18.5 Å². The summed E-state index contributed by atoms with van der Waals surface area (Å²) in [5, 5.41) is 2.83. The van der Waals surface area contributed by atoms with Gasteiger partial charge in [-0.1, -0.05) is 11.8 Å². The van der Waals surface area contributed by atoms with Crippen molar-refractivity contribution in [2.45, 2.75) is 18.9 Å². The van der Waals surface area contributed by atoms with Crippen LogP contribution in [0.25, 0.3) is 0 Å². The average molecular weight is 244 g/mol. The normalized spacial score (nSPS) is 17.9. The molecule has 1 saturated heterocycles. The molecule has 0 aliphatic carbocycles. The minimum Gasteiger partial charge on any atom is -0.368 e. The second kappa shape index (κ2) is 6.20. The largest absolute Gasteiger partial charge is 0.368 e. The molecule has 94 valence electrons. The molecule has 2 rings (SSSR count). The molecule has 1 atom stereocenters. The summed E-state index contributed by atoms with van der Waals surface area (Å²) in [6.45, 7) is 1.02. The Bertz CT molecular complexity index is 465. The molecular formula is C14H16N2O2. The van der Waals surface area contributed by atoms with Crippen LogP contribution in [-0.4, -0.2) is 25.2 Å². The highest BCUT2D eigenvalue weighted by Gasteiger charge is 2.23.